The summed E-state index contributed by atoms with van der Waals surface area (Å²) in [6, 6.07) is 0. The molecule has 0 amide bonds. The summed E-state index contributed by atoms with van der Waals surface area (Å²) in [5.41, 5.74) is 0.459. The van der Waals surface area contributed by atoms with Crippen molar-refractivity contribution in [1.82, 2.24) is 0 Å². The van der Waals surface area contributed by atoms with Gasteiger partial charge in [0.1, 0.15) is 5.71 Å². The van der Waals surface area contributed by atoms with Gasteiger partial charge in [-0.1, -0.05) is 0 Å². The minimum atomic E-state index is -0.227. The number of nitrogens with zero attached hydrogens (tertiary/aromatic N) is 1. The molecule has 0 aromatic carbocycles. The molecule has 0 aromatic heterocycles. The van der Waals surface area contributed by atoms with Crippen LogP contribution in [-0.2, 0) is 9.84 Å². The molecule has 1 heterocycles. The van der Waals surface area contributed by atoms with E-state index in [4.69, 9.17) is 4.74 Å². The van der Waals surface area contributed by atoms with Gasteiger partial charge in [0, 0.05) is 0 Å². The topological polar surface area (TPSA) is 41.5 Å². The van der Waals surface area contributed by atoms with Crippen molar-refractivity contribution in [1.29, 1.82) is 0 Å². The average molecular weight is 126 g/mol. The fourth-order valence-corrected chi connectivity index (χ4v) is 0.628. The monoisotopic (exact) mass is 126 g/mol. The Morgan fingerprint density at radius 3 is 2.89 bits per heavy atom. The SMILES string of the molecule is C=C([O])C1=NCCOC1. The second-order valence-electron chi connectivity index (χ2n) is 1.80. The maximum Gasteiger partial charge on any atom is 0.194 e. The van der Waals surface area contributed by atoms with E-state index < -0.39 is 0 Å². The standard InChI is InChI=1S/C6H8NO2/c1-5(8)6-4-9-3-2-7-6/h1-4H2. The molecule has 1 rings (SSSR count). The maximum atomic E-state index is 10.5. The summed E-state index contributed by atoms with van der Waals surface area (Å²) in [7, 11) is 0. The van der Waals surface area contributed by atoms with Crippen molar-refractivity contribution in [3.05, 3.63) is 12.3 Å². The Labute approximate surface area is 53.7 Å². The first-order valence-electron chi connectivity index (χ1n) is 2.78. The molecular formula is C6H8NO2. The van der Waals surface area contributed by atoms with Crippen LogP contribution in [0.1, 0.15) is 0 Å². The highest BCUT2D eigenvalue weighted by atomic mass is 16.5. The highest BCUT2D eigenvalue weighted by molar-refractivity contribution is 5.98. The van der Waals surface area contributed by atoms with Crippen molar-refractivity contribution >= 4 is 5.71 Å². The van der Waals surface area contributed by atoms with Gasteiger partial charge in [0.25, 0.3) is 0 Å². The lowest BCUT2D eigenvalue weighted by atomic mass is 10.3. The molecule has 0 aromatic rings. The van der Waals surface area contributed by atoms with Crippen LogP contribution in [0.2, 0.25) is 0 Å². The van der Waals surface area contributed by atoms with Gasteiger partial charge in [0.2, 0.25) is 0 Å². The first-order valence-corrected chi connectivity index (χ1v) is 2.78. The molecule has 3 heteroatoms. The molecule has 0 aliphatic carbocycles. The summed E-state index contributed by atoms with van der Waals surface area (Å²) >= 11 is 0. The molecular weight excluding hydrogens is 118 g/mol. The van der Waals surface area contributed by atoms with E-state index in [9.17, 15) is 5.11 Å². The molecule has 1 aliphatic rings. The van der Waals surface area contributed by atoms with Crippen molar-refractivity contribution in [3.8, 4) is 0 Å². The summed E-state index contributed by atoms with van der Waals surface area (Å²) in [6.07, 6.45) is 0. The van der Waals surface area contributed by atoms with Gasteiger partial charge in [-0.2, -0.15) is 0 Å². The van der Waals surface area contributed by atoms with E-state index in [0.29, 0.717) is 25.5 Å². The Balaban J connectivity index is 2.57. The van der Waals surface area contributed by atoms with E-state index in [1.807, 2.05) is 0 Å². The zero-order valence-electron chi connectivity index (χ0n) is 5.09. The lowest BCUT2D eigenvalue weighted by Gasteiger charge is -2.08. The van der Waals surface area contributed by atoms with E-state index >= 15 is 0 Å². The van der Waals surface area contributed by atoms with Crippen LogP contribution in [-0.4, -0.2) is 25.5 Å². The van der Waals surface area contributed by atoms with Gasteiger partial charge in [0.15, 0.2) is 5.76 Å². The molecule has 0 saturated carbocycles. The predicted molar refractivity (Wildman–Crippen MR) is 32.9 cm³/mol. The zero-order chi connectivity index (χ0) is 6.69. The number of rotatable bonds is 1. The molecule has 0 bridgehead atoms. The molecule has 0 spiro atoms. The Hall–Kier alpha value is -0.830. The fraction of sp³-hybridized carbons (Fsp3) is 0.500. The van der Waals surface area contributed by atoms with Gasteiger partial charge in [-0.15, -0.1) is 0 Å². The molecule has 0 fully saturated rings. The smallest absolute Gasteiger partial charge is 0.194 e. The minimum absolute atomic E-state index is 0.227. The van der Waals surface area contributed by atoms with Crippen molar-refractivity contribution in [2.75, 3.05) is 19.8 Å². The summed E-state index contributed by atoms with van der Waals surface area (Å²) in [5, 5.41) is 10.5. The van der Waals surface area contributed by atoms with Crippen LogP contribution in [0.5, 0.6) is 0 Å². The predicted octanol–water partition coefficient (Wildman–Crippen LogP) is 0.402. The second kappa shape index (κ2) is 2.64. The summed E-state index contributed by atoms with van der Waals surface area (Å²) < 4.78 is 4.95. The molecule has 49 valence electrons. The Morgan fingerprint density at radius 1 is 1.78 bits per heavy atom. The van der Waals surface area contributed by atoms with Crippen LogP contribution in [0.25, 0.3) is 0 Å². The Kier molecular flexibility index (Phi) is 1.85. The molecule has 9 heavy (non-hydrogen) atoms. The van der Waals surface area contributed by atoms with E-state index in [-0.39, 0.29) is 5.76 Å². The lowest BCUT2D eigenvalue weighted by Crippen LogP contribution is -2.18. The molecule has 0 atom stereocenters. The summed E-state index contributed by atoms with van der Waals surface area (Å²) in [5.74, 6) is -0.227. The van der Waals surface area contributed by atoms with Crippen LogP contribution in [0.3, 0.4) is 0 Å². The van der Waals surface area contributed by atoms with Crippen LogP contribution in [0.4, 0.5) is 0 Å². The Morgan fingerprint density at radius 2 is 2.56 bits per heavy atom. The third-order valence-electron chi connectivity index (χ3n) is 1.10. The van der Waals surface area contributed by atoms with Gasteiger partial charge in [-0.05, 0) is 6.58 Å². The van der Waals surface area contributed by atoms with Gasteiger partial charge in [-0.3, -0.25) is 10.1 Å². The van der Waals surface area contributed by atoms with Crippen LogP contribution in [0.15, 0.2) is 17.3 Å². The number of hydrogen-bond acceptors (Lipinski definition) is 2. The number of hydrogen-bond donors (Lipinski definition) is 0. The van der Waals surface area contributed by atoms with Gasteiger partial charge in [0.05, 0.1) is 19.8 Å². The highest BCUT2D eigenvalue weighted by Gasteiger charge is 2.08. The third-order valence-corrected chi connectivity index (χ3v) is 1.10. The first kappa shape index (κ1) is 6.29. The maximum absolute atomic E-state index is 10.5. The van der Waals surface area contributed by atoms with Crippen molar-refractivity contribution in [2.45, 2.75) is 0 Å². The summed E-state index contributed by atoms with van der Waals surface area (Å²) in [6.45, 7) is 4.76. The van der Waals surface area contributed by atoms with Gasteiger partial charge in [-0.25, -0.2) is 0 Å². The van der Waals surface area contributed by atoms with Crippen molar-refractivity contribution < 1.29 is 9.84 Å². The molecule has 0 N–H and O–H groups in total. The molecule has 0 saturated heterocycles. The normalized spacial score (nSPS) is 18.9. The van der Waals surface area contributed by atoms with E-state index in [2.05, 4.69) is 11.6 Å². The third kappa shape index (κ3) is 1.54. The molecule has 1 radical (unpaired) electrons. The highest BCUT2D eigenvalue weighted by Crippen LogP contribution is 1.97. The summed E-state index contributed by atoms with van der Waals surface area (Å²) in [4.78, 5) is 3.91. The lowest BCUT2D eigenvalue weighted by molar-refractivity contribution is 0.167. The van der Waals surface area contributed by atoms with E-state index in [1.165, 1.54) is 0 Å². The molecule has 3 nitrogen and oxygen atoms in total. The second-order valence-corrected chi connectivity index (χ2v) is 1.80. The number of ether oxygens (including phenoxy) is 1. The van der Waals surface area contributed by atoms with Crippen molar-refractivity contribution in [2.24, 2.45) is 4.99 Å². The van der Waals surface area contributed by atoms with Crippen molar-refractivity contribution in [3.63, 3.8) is 0 Å². The van der Waals surface area contributed by atoms with E-state index in [1.54, 1.807) is 0 Å². The van der Waals surface area contributed by atoms with Crippen LogP contribution >= 0.6 is 0 Å². The molecule has 0 unspecified atom stereocenters. The Bertz CT molecular complexity index is 151. The quantitative estimate of drug-likeness (QED) is 0.469. The zero-order valence-corrected chi connectivity index (χ0v) is 5.09. The number of aliphatic imine (C=N–C) groups is 1. The largest absolute Gasteiger partial charge is 0.373 e. The van der Waals surface area contributed by atoms with Crippen LogP contribution in [0, 0.1) is 0 Å². The van der Waals surface area contributed by atoms with Gasteiger partial charge < -0.3 is 4.74 Å². The first-order chi connectivity index (χ1) is 4.30. The molecule has 1 aliphatic heterocycles. The fourth-order valence-electron chi connectivity index (χ4n) is 0.628. The average Bonchev–Trinajstić information content (AvgIpc) is 1.90. The van der Waals surface area contributed by atoms with Gasteiger partial charge >= 0.3 is 0 Å². The van der Waals surface area contributed by atoms with Crippen LogP contribution < -0.4 is 0 Å². The van der Waals surface area contributed by atoms with E-state index in [0.717, 1.165) is 0 Å². The minimum Gasteiger partial charge on any atom is -0.373 e.